The molecular formula is C18H29N7O7S. The van der Waals surface area contributed by atoms with Gasteiger partial charge in [0.2, 0.25) is 23.6 Å². The number of aliphatic hydroxyl groups is 1. The number of hydrogen-bond donors (Lipinski definition) is 9. The van der Waals surface area contributed by atoms with Gasteiger partial charge >= 0.3 is 5.97 Å². The lowest BCUT2D eigenvalue weighted by molar-refractivity contribution is -0.141. The van der Waals surface area contributed by atoms with Gasteiger partial charge in [0.25, 0.3) is 0 Å². The number of rotatable bonds is 14. The second-order valence-electron chi connectivity index (χ2n) is 7.26. The highest BCUT2D eigenvalue weighted by Gasteiger charge is 2.32. The van der Waals surface area contributed by atoms with Crippen LogP contribution in [0.5, 0.6) is 0 Å². The molecule has 0 saturated heterocycles. The van der Waals surface area contributed by atoms with Gasteiger partial charge in [0, 0.05) is 30.5 Å². The fourth-order valence-electron chi connectivity index (χ4n) is 2.64. The average molecular weight is 488 g/mol. The Kier molecular flexibility index (Phi) is 11.3. The van der Waals surface area contributed by atoms with Crippen molar-refractivity contribution in [2.24, 2.45) is 11.5 Å². The van der Waals surface area contributed by atoms with E-state index < -0.39 is 59.9 Å². The standard InChI is InChI=1S/C18H29N7O7S/c1-8(26)14(25-15(28)10(19)2-3-13(20)27)17(30)23-11(4-9-5-21-7-22-9)16(29)24-12(6-33)18(31)32/h5,7-8,10-12,14,26,33H,2-4,6,19H2,1H3,(H2,20,27)(H,21,22)(H,23,30)(H,24,29)(H,25,28)(H,31,32). The number of imidazole rings is 1. The van der Waals surface area contributed by atoms with Crippen LogP contribution >= 0.6 is 12.6 Å². The molecule has 0 fully saturated rings. The number of aromatic amines is 1. The van der Waals surface area contributed by atoms with E-state index in [0.717, 1.165) is 0 Å². The maximum Gasteiger partial charge on any atom is 0.327 e. The zero-order valence-electron chi connectivity index (χ0n) is 17.9. The fraction of sp³-hybridized carbons (Fsp3) is 0.556. The number of hydrogen-bond acceptors (Lipinski definition) is 9. The molecule has 1 aromatic rings. The summed E-state index contributed by atoms with van der Waals surface area (Å²) in [4.78, 5) is 66.4. The van der Waals surface area contributed by atoms with E-state index in [1.807, 2.05) is 0 Å². The molecule has 1 rings (SSSR count). The Morgan fingerprint density at radius 3 is 2.24 bits per heavy atom. The summed E-state index contributed by atoms with van der Waals surface area (Å²) in [5, 5.41) is 26.1. The topological polar surface area (TPSA) is 243 Å². The van der Waals surface area contributed by atoms with Crippen LogP contribution in [0, 0.1) is 0 Å². The lowest BCUT2D eigenvalue weighted by Crippen LogP contribution is -2.60. The summed E-state index contributed by atoms with van der Waals surface area (Å²) >= 11 is 3.88. The third kappa shape index (κ3) is 9.46. The number of aromatic nitrogens is 2. The molecule has 14 nitrogen and oxygen atoms in total. The van der Waals surface area contributed by atoms with Gasteiger partial charge in [-0.1, -0.05) is 0 Å². The van der Waals surface area contributed by atoms with E-state index in [1.54, 1.807) is 0 Å². The molecule has 5 unspecified atom stereocenters. The number of H-pyrrole nitrogens is 1. The monoisotopic (exact) mass is 487 g/mol. The van der Waals surface area contributed by atoms with Crippen molar-refractivity contribution in [3.8, 4) is 0 Å². The minimum absolute atomic E-state index is 0.0690. The third-order valence-electron chi connectivity index (χ3n) is 4.51. The molecule has 0 aliphatic carbocycles. The molecule has 0 bridgehead atoms. The summed E-state index contributed by atoms with van der Waals surface area (Å²) in [6, 6.07) is -5.24. The largest absolute Gasteiger partial charge is 0.480 e. The smallest absolute Gasteiger partial charge is 0.327 e. The Morgan fingerprint density at radius 1 is 1.12 bits per heavy atom. The summed E-state index contributed by atoms with van der Waals surface area (Å²) in [5.41, 5.74) is 11.2. The van der Waals surface area contributed by atoms with Crippen molar-refractivity contribution >= 4 is 42.2 Å². The van der Waals surface area contributed by atoms with Gasteiger partial charge in [0.15, 0.2) is 0 Å². The summed E-state index contributed by atoms with van der Waals surface area (Å²) < 4.78 is 0. The molecule has 10 N–H and O–H groups in total. The first kappa shape index (κ1) is 27.9. The van der Waals surface area contributed by atoms with Crippen LogP contribution in [0.15, 0.2) is 12.5 Å². The fourth-order valence-corrected chi connectivity index (χ4v) is 2.89. The van der Waals surface area contributed by atoms with Crippen LogP contribution in [-0.4, -0.2) is 85.8 Å². The predicted molar refractivity (Wildman–Crippen MR) is 118 cm³/mol. The van der Waals surface area contributed by atoms with E-state index >= 15 is 0 Å². The molecule has 0 aliphatic rings. The number of carbonyl (C=O) groups excluding carboxylic acids is 4. The Balaban J connectivity index is 2.96. The molecule has 33 heavy (non-hydrogen) atoms. The Hall–Kier alpha value is -3.17. The SMILES string of the molecule is CC(O)C(NC(=O)C(N)CCC(N)=O)C(=O)NC(Cc1cnc[nH]1)C(=O)NC(CS)C(=O)O. The average Bonchev–Trinajstić information content (AvgIpc) is 3.25. The second kappa shape index (κ2) is 13.4. The van der Waals surface area contributed by atoms with E-state index in [4.69, 9.17) is 16.6 Å². The van der Waals surface area contributed by atoms with Gasteiger partial charge in [0.05, 0.1) is 18.5 Å². The number of aliphatic hydroxyl groups excluding tert-OH is 1. The van der Waals surface area contributed by atoms with Crippen LogP contribution in [-0.2, 0) is 30.4 Å². The molecule has 0 radical (unpaired) electrons. The molecular weight excluding hydrogens is 458 g/mol. The van der Waals surface area contributed by atoms with E-state index in [1.165, 1.54) is 19.4 Å². The molecule has 0 aliphatic heterocycles. The second-order valence-corrected chi connectivity index (χ2v) is 7.63. The zero-order valence-corrected chi connectivity index (χ0v) is 18.7. The van der Waals surface area contributed by atoms with Crippen molar-refractivity contribution < 1.29 is 34.2 Å². The summed E-state index contributed by atoms with van der Waals surface area (Å²) in [7, 11) is 0. The number of carboxylic acids is 1. The van der Waals surface area contributed by atoms with Crippen LogP contribution in [0.2, 0.25) is 0 Å². The minimum Gasteiger partial charge on any atom is -0.480 e. The number of nitrogens with one attached hydrogen (secondary N) is 4. The van der Waals surface area contributed by atoms with E-state index in [-0.39, 0.29) is 25.0 Å². The molecule has 4 amide bonds. The van der Waals surface area contributed by atoms with Crippen LogP contribution < -0.4 is 27.4 Å². The summed E-state index contributed by atoms with van der Waals surface area (Å²) in [5.74, 6) is -4.72. The summed E-state index contributed by atoms with van der Waals surface area (Å²) in [6.45, 7) is 1.24. The first-order valence-electron chi connectivity index (χ1n) is 9.90. The van der Waals surface area contributed by atoms with Crippen molar-refractivity contribution in [3.63, 3.8) is 0 Å². The number of nitrogens with two attached hydrogens (primary N) is 2. The third-order valence-corrected chi connectivity index (χ3v) is 4.88. The van der Waals surface area contributed by atoms with Gasteiger partial charge in [-0.05, 0) is 13.3 Å². The van der Waals surface area contributed by atoms with E-state index in [2.05, 4.69) is 38.5 Å². The number of carbonyl (C=O) groups is 5. The molecule has 0 spiro atoms. The van der Waals surface area contributed by atoms with Gasteiger partial charge in [-0.3, -0.25) is 19.2 Å². The molecule has 1 aromatic heterocycles. The Labute approximate surface area is 194 Å². The molecule has 15 heteroatoms. The van der Waals surface area contributed by atoms with Gasteiger partial charge in [-0.2, -0.15) is 12.6 Å². The van der Waals surface area contributed by atoms with Crippen LogP contribution in [0.25, 0.3) is 0 Å². The minimum atomic E-state index is -1.49. The molecule has 0 saturated carbocycles. The number of nitrogens with zero attached hydrogens (tertiary/aromatic N) is 1. The summed E-state index contributed by atoms with van der Waals surface area (Å²) in [6.07, 6.45) is 1.08. The normalized spacial score (nSPS) is 15.4. The van der Waals surface area contributed by atoms with Crippen molar-refractivity contribution in [3.05, 3.63) is 18.2 Å². The Bertz CT molecular complexity index is 834. The molecule has 5 atom stereocenters. The highest BCUT2D eigenvalue weighted by molar-refractivity contribution is 7.80. The first-order valence-corrected chi connectivity index (χ1v) is 10.5. The molecule has 1 heterocycles. The number of thiol groups is 1. The van der Waals surface area contributed by atoms with Gasteiger partial charge in [0.1, 0.15) is 18.1 Å². The van der Waals surface area contributed by atoms with E-state index in [9.17, 15) is 29.1 Å². The van der Waals surface area contributed by atoms with Crippen LogP contribution in [0.4, 0.5) is 0 Å². The number of amides is 4. The predicted octanol–water partition coefficient (Wildman–Crippen LogP) is -3.61. The van der Waals surface area contributed by atoms with Crippen molar-refractivity contribution in [1.82, 2.24) is 25.9 Å². The molecule has 184 valence electrons. The van der Waals surface area contributed by atoms with Gasteiger partial charge in [-0.15, -0.1) is 0 Å². The number of aliphatic carboxylic acids is 1. The lowest BCUT2D eigenvalue weighted by atomic mass is 10.1. The molecule has 0 aromatic carbocycles. The maximum atomic E-state index is 12.8. The maximum absolute atomic E-state index is 12.8. The first-order chi connectivity index (χ1) is 15.5. The lowest BCUT2D eigenvalue weighted by Gasteiger charge is -2.26. The highest BCUT2D eigenvalue weighted by atomic mass is 32.1. The van der Waals surface area contributed by atoms with Crippen LogP contribution in [0.1, 0.15) is 25.5 Å². The highest BCUT2D eigenvalue weighted by Crippen LogP contribution is 2.04. The van der Waals surface area contributed by atoms with Gasteiger partial charge in [-0.25, -0.2) is 9.78 Å². The number of primary amides is 1. The quantitative estimate of drug-likeness (QED) is 0.117. The van der Waals surface area contributed by atoms with Crippen molar-refractivity contribution in [1.29, 1.82) is 0 Å². The van der Waals surface area contributed by atoms with Crippen molar-refractivity contribution in [2.45, 2.75) is 56.5 Å². The van der Waals surface area contributed by atoms with E-state index in [0.29, 0.717) is 5.69 Å². The number of carboxylic acid groups (broad SMARTS) is 1. The van der Waals surface area contributed by atoms with Crippen molar-refractivity contribution in [2.75, 3.05) is 5.75 Å². The van der Waals surface area contributed by atoms with Gasteiger partial charge < -0.3 is 42.6 Å². The van der Waals surface area contributed by atoms with Crippen LogP contribution in [0.3, 0.4) is 0 Å². The Morgan fingerprint density at radius 2 is 1.76 bits per heavy atom. The zero-order chi connectivity index (χ0) is 25.1.